The molecular formula is C27H21N3. The van der Waals surface area contributed by atoms with Gasteiger partial charge in [0.25, 0.3) is 0 Å². The number of hydrogen-bond donors (Lipinski definition) is 1. The fourth-order valence-electron chi connectivity index (χ4n) is 3.67. The first-order valence-corrected chi connectivity index (χ1v) is 10.1. The van der Waals surface area contributed by atoms with E-state index in [0.717, 1.165) is 39.2 Å². The second kappa shape index (κ2) is 8.18. The first-order valence-electron chi connectivity index (χ1n) is 10.1. The highest BCUT2D eigenvalue weighted by Crippen LogP contribution is 2.34. The van der Waals surface area contributed by atoms with Crippen molar-refractivity contribution < 1.29 is 0 Å². The number of anilines is 1. The number of fused-ring (bicyclic) bond motifs is 1. The molecule has 0 aliphatic heterocycles. The number of nitrogens with one attached hydrogen (secondary N) is 1. The van der Waals surface area contributed by atoms with Crippen LogP contribution in [0.4, 0.5) is 5.82 Å². The van der Waals surface area contributed by atoms with Crippen molar-refractivity contribution in [1.82, 2.24) is 9.97 Å². The first kappa shape index (κ1) is 18.1. The van der Waals surface area contributed by atoms with Gasteiger partial charge >= 0.3 is 0 Å². The van der Waals surface area contributed by atoms with Crippen molar-refractivity contribution >= 4 is 16.7 Å². The van der Waals surface area contributed by atoms with E-state index in [4.69, 9.17) is 9.97 Å². The van der Waals surface area contributed by atoms with Gasteiger partial charge in [0.05, 0.1) is 10.9 Å². The zero-order valence-electron chi connectivity index (χ0n) is 16.5. The van der Waals surface area contributed by atoms with Crippen molar-refractivity contribution in [3.05, 3.63) is 115 Å². The third kappa shape index (κ3) is 3.65. The lowest BCUT2D eigenvalue weighted by Crippen LogP contribution is -2.05. The van der Waals surface area contributed by atoms with Crippen molar-refractivity contribution in [1.29, 1.82) is 0 Å². The molecule has 0 saturated heterocycles. The van der Waals surface area contributed by atoms with E-state index in [2.05, 4.69) is 72.0 Å². The Morgan fingerprint density at radius 1 is 0.567 bits per heavy atom. The summed E-state index contributed by atoms with van der Waals surface area (Å²) in [5.41, 5.74) is 5.43. The average molecular weight is 387 g/mol. The van der Waals surface area contributed by atoms with Crippen molar-refractivity contribution in [2.45, 2.75) is 6.54 Å². The van der Waals surface area contributed by atoms with Gasteiger partial charge in [-0.3, -0.25) is 0 Å². The summed E-state index contributed by atoms with van der Waals surface area (Å²) in [6.45, 7) is 0.699. The van der Waals surface area contributed by atoms with Crippen LogP contribution in [0.25, 0.3) is 33.4 Å². The van der Waals surface area contributed by atoms with Gasteiger partial charge in [0.2, 0.25) is 0 Å². The Bertz CT molecular complexity index is 1270. The summed E-state index contributed by atoms with van der Waals surface area (Å²) in [7, 11) is 0. The third-order valence-corrected chi connectivity index (χ3v) is 5.14. The van der Waals surface area contributed by atoms with E-state index in [9.17, 15) is 0 Å². The van der Waals surface area contributed by atoms with E-state index < -0.39 is 0 Å². The maximum Gasteiger partial charge on any atom is 0.162 e. The fraction of sp³-hybridized carbons (Fsp3) is 0.0370. The van der Waals surface area contributed by atoms with Crippen LogP contribution in [0.1, 0.15) is 5.56 Å². The largest absolute Gasteiger partial charge is 0.365 e. The van der Waals surface area contributed by atoms with Crippen molar-refractivity contribution in [3.8, 4) is 22.5 Å². The molecule has 0 unspecified atom stereocenters. The second-order valence-corrected chi connectivity index (χ2v) is 7.17. The molecule has 0 aliphatic carbocycles. The van der Waals surface area contributed by atoms with Gasteiger partial charge in [-0.15, -0.1) is 0 Å². The van der Waals surface area contributed by atoms with Gasteiger partial charge in [0, 0.05) is 12.1 Å². The van der Waals surface area contributed by atoms with Gasteiger partial charge in [0.15, 0.2) is 5.82 Å². The number of benzene rings is 4. The number of rotatable bonds is 5. The van der Waals surface area contributed by atoms with E-state index >= 15 is 0 Å². The molecule has 4 aromatic carbocycles. The van der Waals surface area contributed by atoms with E-state index in [0.29, 0.717) is 6.54 Å². The highest BCUT2D eigenvalue weighted by Gasteiger charge is 2.14. The molecule has 1 aromatic heterocycles. The molecule has 5 rings (SSSR count). The summed E-state index contributed by atoms with van der Waals surface area (Å²) in [6.07, 6.45) is 0. The summed E-state index contributed by atoms with van der Waals surface area (Å²) in [6, 6.07) is 37.2. The highest BCUT2D eigenvalue weighted by molar-refractivity contribution is 6.02. The molecule has 30 heavy (non-hydrogen) atoms. The Kier molecular flexibility index (Phi) is 4.93. The number of hydrogen-bond acceptors (Lipinski definition) is 3. The molecule has 0 spiro atoms. The van der Waals surface area contributed by atoms with Gasteiger partial charge in [-0.05, 0) is 22.8 Å². The van der Waals surface area contributed by atoms with Gasteiger partial charge in [-0.2, -0.15) is 0 Å². The standard InChI is InChI=1S/C27H21N3/c1-4-11-20(12-5-1)19-28-27-25-23(21-13-6-2-7-14-21)17-10-18-24(25)29-26(30-27)22-15-8-3-9-16-22/h1-18H,19H2,(H,28,29,30). The Hall–Kier alpha value is -3.98. The second-order valence-electron chi connectivity index (χ2n) is 7.17. The molecule has 0 fully saturated rings. The zero-order valence-corrected chi connectivity index (χ0v) is 16.5. The summed E-state index contributed by atoms with van der Waals surface area (Å²) < 4.78 is 0. The molecule has 0 aliphatic rings. The molecule has 0 amide bonds. The Labute approximate surface area is 176 Å². The fourth-order valence-corrected chi connectivity index (χ4v) is 3.67. The van der Waals surface area contributed by atoms with Crippen LogP contribution in [-0.2, 0) is 6.54 Å². The summed E-state index contributed by atoms with van der Waals surface area (Å²) >= 11 is 0. The SMILES string of the molecule is c1ccc(CNc2nc(-c3ccccc3)nc3cccc(-c4ccccc4)c23)cc1. The van der Waals surface area contributed by atoms with Crippen LogP contribution in [-0.4, -0.2) is 9.97 Å². The lowest BCUT2D eigenvalue weighted by Gasteiger charge is -2.14. The normalized spacial score (nSPS) is 10.8. The number of aromatic nitrogens is 2. The van der Waals surface area contributed by atoms with E-state index in [1.165, 1.54) is 5.56 Å². The summed E-state index contributed by atoms with van der Waals surface area (Å²) in [5, 5.41) is 4.61. The molecule has 0 radical (unpaired) electrons. The maximum absolute atomic E-state index is 4.95. The minimum atomic E-state index is 0.699. The smallest absolute Gasteiger partial charge is 0.162 e. The average Bonchev–Trinajstić information content (AvgIpc) is 2.83. The zero-order chi connectivity index (χ0) is 20.2. The minimum absolute atomic E-state index is 0.699. The predicted octanol–water partition coefficient (Wildman–Crippen LogP) is 6.58. The van der Waals surface area contributed by atoms with E-state index in [1.807, 2.05) is 42.5 Å². The van der Waals surface area contributed by atoms with Crippen molar-refractivity contribution in [2.24, 2.45) is 0 Å². The van der Waals surface area contributed by atoms with E-state index in [-0.39, 0.29) is 0 Å². The highest BCUT2D eigenvalue weighted by atomic mass is 15.0. The summed E-state index contributed by atoms with van der Waals surface area (Å²) in [5.74, 6) is 1.58. The molecular weight excluding hydrogens is 366 g/mol. The molecule has 5 aromatic rings. The topological polar surface area (TPSA) is 37.8 Å². The first-order chi connectivity index (χ1) is 14.9. The molecule has 0 atom stereocenters. The molecule has 3 heteroatoms. The van der Waals surface area contributed by atoms with Crippen LogP contribution < -0.4 is 5.32 Å². The summed E-state index contributed by atoms with van der Waals surface area (Å²) in [4.78, 5) is 9.85. The number of nitrogens with zero attached hydrogens (tertiary/aromatic N) is 2. The van der Waals surface area contributed by atoms with E-state index in [1.54, 1.807) is 0 Å². The van der Waals surface area contributed by atoms with Crippen LogP contribution in [0, 0.1) is 0 Å². The van der Waals surface area contributed by atoms with Crippen molar-refractivity contribution in [2.75, 3.05) is 5.32 Å². The molecule has 144 valence electrons. The third-order valence-electron chi connectivity index (χ3n) is 5.14. The van der Waals surface area contributed by atoms with Crippen LogP contribution >= 0.6 is 0 Å². The van der Waals surface area contributed by atoms with Gasteiger partial charge in [0.1, 0.15) is 5.82 Å². The maximum atomic E-state index is 4.95. The minimum Gasteiger partial charge on any atom is -0.365 e. The quantitative estimate of drug-likeness (QED) is 0.370. The molecule has 1 N–H and O–H groups in total. The van der Waals surface area contributed by atoms with Gasteiger partial charge in [-0.25, -0.2) is 9.97 Å². The molecule has 1 heterocycles. The molecule has 3 nitrogen and oxygen atoms in total. The van der Waals surface area contributed by atoms with Crippen LogP contribution in [0.3, 0.4) is 0 Å². The lowest BCUT2D eigenvalue weighted by molar-refractivity contribution is 1.11. The Morgan fingerprint density at radius 2 is 1.20 bits per heavy atom. The van der Waals surface area contributed by atoms with Crippen LogP contribution in [0.2, 0.25) is 0 Å². The van der Waals surface area contributed by atoms with Gasteiger partial charge in [-0.1, -0.05) is 103 Å². The Balaban J connectivity index is 1.68. The lowest BCUT2D eigenvalue weighted by atomic mass is 10.0. The van der Waals surface area contributed by atoms with Crippen molar-refractivity contribution in [3.63, 3.8) is 0 Å². The predicted molar refractivity (Wildman–Crippen MR) is 124 cm³/mol. The molecule has 0 saturated carbocycles. The van der Waals surface area contributed by atoms with Crippen LogP contribution in [0.15, 0.2) is 109 Å². The molecule has 0 bridgehead atoms. The van der Waals surface area contributed by atoms with Crippen LogP contribution in [0.5, 0.6) is 0 Å². The Morgan fingerprint density at radius 3 is 1.90 bits per heavy atom. The van der Waals surface area contributed by atoms with Gasteiger partial charge < -0.3 is 5.32 Å². The monoisotopic (exact) mass is 387 g/mol.